The molecule has 1 atom stereocenters. The number of nitrogens with zero attached hydrogens (tertiary/aromatic N) is 1. The summed E-state index contributed by atoms with van der Waals surface area (Å²) in [7, 11) is 0. The molecule has 1 heteroatoms. The molecule has 0 rings (SSSR count). The van der Waals surface area contributed by atoms with Crippen LogP contribution in [-0.4, -0.2) is 0 Å². The van der Waals surface area contributed by atoms with Crippen LogP contribution in [0.15, 0.2) is 11.6 Å². The molecule has 1 unspecified atom stereocenters. The third kappa shape index (κ3) is 4.14. The monoisotopic (exact) mass is 137 g/mol. The molecule has 0 saturated carbocycles. The predicted molar refractivity (Wildman–Crippen MR) is 43.4 cm³/mol. The number of hydrogen-bond acceptors (Lipinski definition) is 1. The number of allylic oxidation sites excluding steroid dienone is 2. The lowest BCUT2D eigenvalue weighted by atomic mass is 10.0. The van der Waals surface area contributed by atoms with Crippen LogP contribution in [0.4, 0.5) is 0 Å². The highest BCUT2D eigenvalue weighted by Gasteiger charge is 1.95. The maximum atomic E-state index is 8.43. The molecule has 0 aliphatic carbocycles. The van der Waals surface area contributed by atoms with Gasteiger partial charge in [0.2, 0.25) is 0 Å². The van der Waals surface area contributed by atoms with Crippen LogP contribution in [0, 0.1) is 17.2 Å². The van der Waals surface area contributed by atoms with E-state index in [-0.39, 0.29) is 0 Å². The van der Waals surface area contributed by atoms with Crippen LogP contribution in [0.25, 0.3) is 0 Å². The fraction of sp³-hybridized carbons (Fsp3) is 0.667. The van der Waals surface area contributed by atoms with E-state index in [0.29, 0.717) is 5.92 Å². The molecule has 0 amide bonds. The van der Waals surface area contributed by atoms with E-state index in [1.165, 1.54) is 12.8 Å². The van der Waals surface area contributed by atoms with Gasteiger partial charge in [-0.15, -0.1) is 0 Å². The quantitative estimate of drug-likeness (QED) is 0.549. The number of nitriles is 1. The maximum Gasteiger partial charge on any atom is 0.0940 e. The van der Waals surface area contributed by atoms with E-state index in [1.807, 2.05) is 13.0 Å². The molecule has 0 fully saturated rings. The smallest absolute Gasteiger partial charge is 0.0940 e. The first-order valence-electron chi connectivity index (χ1n) is 3.79. The van der Waals surface area contributed by atoms with E-state index < -0.39 is 0 Å². The van der Waals surface area contributed by atoms with Gasteiger partial charge < -0.3 is 0 Å². The van der Waals surface area contributed by atoms with Crippen LogP contribution < -0.4 is 0 Å². The van der Waals surface area contributed by atoms with E-state index in [4.69, 9.17) is 5.26 Å². The van der Waals surface area contributed by atoms with Crippen LogP contribution >= 0.6 is 0 Å². The van der Waals surface area contributed by atoms with E-state index in [9.17, 15) is 0 Å². The van der Waals surface area contributed by atoms with Gasteiger partial charge in [0, 0.05) is 5.57 Å². The van der Waals surface area contributed by atoms with Crippen LogP contribution in [0.1, 0.15) is 33.6 Å². The number of hydrogen-bond donors (Lipinski definition) is 0. The molecule has 56 valence electrons. The zero-order chi connectivity index (χ0) is 7.98. The van der Waals surface area contributed by atoms with Gasteiger partial charge in [0.25, 0.3) is 0 Å². The Morgan fingerprint density at radius 3 is 2.70 bits per heavy atom. The minimum Gasteiger partial charge on any atom is -0.193 e. The summed E-state index contributed by atoms with van der Waals surface area (Å²) in [5.74, 6) is 0.560. The molecule has 0 aliphatic heterocycles. The van der Waals surface area contributed by atoms with Gasteiger partial charge in [0.1, 0.15) is 0 Å². The Labute approximate surface area is 63.4 Å². The van der Waals surface area contributed by atoms with Crippen molar-refractivity contribution < 1.29 is 0 Å². The molecule has 0 spiro atoms. The van der Waals surface area contributed by atoms with Gasteiger partial charge >= 0.3 is 0 Å². The number of rotatable bonds is 3. The van der Waals surface area contributed by atoms with Crippen molar-refractivity contribution in [2.75, 3.05) is 0 Å². The second-order valence-corrected chi connectivity index (χ2v) is 2.73. The van der Waals surface area contributed by atoms with E-state index in [0.717, 1.165) is 5.57 Å². The molecule has 0 bridgehead atoms. The lowest BCUT2D eigenvalue weighted by Crippen LogP contribution is -1.88. The minimum atomic E-state index is 0.560. The zero-order valence-corrected chi connectivity index (χ0v) is 7.02. The first kappa shape index (κ1) is 9.23. The highest BCUT2D eigenvalue weighted by Crippen LogP contribution is 2.08. The Balaban J connectivity index is 3.77. The fourth-order valence-corrected chi connectivity index (χ4v) is 1.00. The van der Waals surface area contributed by atoms with Gasteiger partial charge in [-0.25, -0.2) is 0 Å². The summed E-state index contributed by atoms with van der Waals surface area (Å²) in [5.41, 5.74) is 0.834. The highest BCUT2D eigenvalue weighted by molar-refractivity contribution is 5.17. The zero-order valence-electron chi connectivity index (χ0n) is 7.02. The summed E-state index contributed by atoms with van der Waals surface area (Å²) < 4.78 is 0. The van der Waals surface area contributed by atoms with Crippen LogP contribution in [-0.2, 0) is 0 Å². The van der Waals surface area contributed by atoms with Gasteiger partial charge in [-0.05, 0) is 19.3 Å². The van der Waals surface area contributed by atoms with Gasteiger partial charge in [-0.3, -0.25) is 0 Å². The standard InChI is InChI=1S/C9H15N/c1-4-5-8(2)6-9(3)7-10/h6,8H,4-5H2,1-3H3/b9-6-. The lowest BCUT2D eigenvalue weighted by Gasteiger charge is -2.01. The van der Waals surface area contributed by atoms with Gasteiger partial charge in [0.15, 0.2) is 0 Å². The second kappa shape index (κ2) is 5.05. The Bertz CT molecular complexity index is 151. The maximum absolute atomic E-state index is 8.43. The summed E-state index contributed by atoms with van der Waals surface area (Å²) in [6.07, 6.45) is 4.40. The van der Waals surface area contributed by atoms with Gasteiger partial charge in [-0.2, -0.15) is 5.26 Å². The molecular formula is C9H15N. The fourth-order valence-electron chi connectivity index (χ4n) is 1.00. The first-order valence-corrected chi connectivity index (χ1v) is 3.79. The average molecular weight is 137 g/mol. The largest absolute Gasteiger partial charge is 0.193 e. The van der Waals surface area contributed by atoms with Gasteiger partial charge in [0.05, 0.1) is 6.07 Å². The molecule has 0 saturated heterocycles. The molecular weight excluding hydrogens is 122 g/mol. The van der Waals surface area contributed by atoms with E-state index >= 15 is 0 Å². The first-order chi connectivity index (χ1) is 4.70. The molecule has 10 heavy (non-hydrogen) atoms. The molecule has 0 N–H and O–H groups in total. The topological polar surface area (TPSA) is 23.8 Å². The Hall–Kier alpha value is -0.770. The summed E-state index contributed by atoms with van der Waals surface area (Å²) in [4.78, 5) is 0. The third-order valence-electron chi connectivity index (χ3n) is 1.45. The average Bonchev–Trinajstić information content (AvgIpc) is 1.88. The normalized spacial score (nSPS) is 14.4. The van der Waals surface area contributed by atoms with Crippen molar-refractivity contribution in [1.29, 1.82) is 5.26 Å². The molecule has 0 aromatic rings. The SMILES string of the molecule is CCCC(C)/C=C(/C)C#N. The summed E-state index contributed by atoms with van der Waals surface area (Å²) in [6.45, 7) is 6.16. The molecule has 0 radical (unpaired) electrons. The second-order valence-electron chi connectivity index (χ2n) is 2.73. The van der Waals surface area contributed by atoms with Crippen LogP contribution in [0.5, 0.6) is 0 Å². The summed E-state index contributed by atoms with van der Waals surface area (Å²) >= 11 is 0. The minimum absolute atomic E-state index is 0.560. The Kier molecular flexibility index (Phi) is 4.66. The summed E-state index contributed by atoms with van der Waals surface area (Å²) in [5, 5.41) is 8.43. The van der Waals surface area contributed by atoms with Crippen LogP contribution in [0.3, 0.4) is 0 Å². The lowest BCUT2D eigenvalue weighted by molar-refractivity contribution is 0.632. The van der Waals surface area contributed by atoms with Crippen molar-refractivity contribution in [1.82, 2.24) is 0 Å². The van der Waals surface area contributed by atoms with Crippen molar-refractivity contribution in [2.24, 2.45) is 5.92 Å². The van der Waals surface area contributed by atoms with Crippen LogP contribution in [0.2, 0.25) is 0 Å². The molecule has 0 aliphatic rings. The summed E-state index contributed by atoms with van der Waals surface area (Å²) in [6, 6.07) is 2.12. The predicted octanol–water partition coefficient (Wildman–Crippen LogP) is 2.89. The van der Waals surface area contributed by atoms with Crippen molar-refractivity contribution in [3.05, 3.63) is 11.6 Å². The third-order valence-corrected chi connectivity index (χ3v) is 1.45. The van der Waals surface area contributed by atoms with Crippen molar-refractivity contribution in [3.63, 3.8) is 0 Å². The Morgan fingerprint density at radius 1 is 1.70 bits per heavy atom. The van der Waals surface area contributed by atoms with Crippen molar-refractivity contribution in [2.45, 2.75) is 33.6 Å². The van der Waals surface area contributed by atoms with Gasteiger partial charge in [-0.1, -0.05) is 26.3 Å². The molecule has 1 nitrogen and oxygen atoms in total. The highest BCUT2D eigenvalue weighted by atomic mass is 14.2. The molecule has 0 aromatic heterocycles. The van der Waals surface area contributed by atoms with E-state index in [2.05, 4.69) is 19.9 Å². The van der Waals surface area contributed by atoms with Crippen molar-refractivity contribution in [3.8, 4) is 6.07 Å². The van der Waals surface area contributed by atoms with Crippen molar-refractivity contribution >= 4 is 0 Å². The van der Waals surface area contributed by atoms with E-state index in [1.54, 1.807) is 0 Å². The molecule has 0 aromatic carbocycles. The molecule has 0 heterocycles. The Morgan fingerprint density at radius 2 is 2.30 bits per heavy atom.